The van der Waals surface area contributed by atoms with Gasteiger partial charge in [0.1, 0.15) is 11.2 Å². The highest BCUT2D eigenvalue weighted by Gasteiger charge is 2.20. The summed E-state index contributed by atoms with van der Waals surface area (Å²) in [6.45, 7) is 0. The van der Waals surface area contributed by atoms with Crippen molar-refractivity contribution in [1.29, 1.82) is 0 Å². The lowest BCUT2D eigenvalue weighted by Gasteiger charge is -2.14. The van der Waals surface area contributed by atoms with Crippen molar-refractivity contribution in [3.63, 3.8) is 0 Å². The maximum atomic E-state index is 6.25. The highest BCUT2D eigenvalue weighted by atomic mass is 16.3. The van der Waals surface area contributed by atoms with Crippen molar-refractivity contribution >= 4 is 43.5 Å². The standard InChI is InChI=1S/C41H25N3O/c1-2-13-26(14-3-1)39-42-40(44-41(43-39)35-25-27-15-4-5-16-28(27)29-17-6-7-18-30(29)35)33-20-9-8-19-31(33)32-22-12-24-37-38(32)34-21-10-11-23-36(34)45-37/h1-25H. The monoisotopic (exact) mass is 575 g/mol. The molecule has 0 aliphatic rings. The highest BCUT2D eigenvalue weighted by molar-refractivity contribution is 6.14. The lowest BCUT2D eigenvalue weighted by molar-refractivity contribution is 0.669. The Bertz CT molecular complexity index is 2550. The van der Waals surface area contributed by atoms with Crippen LogP contribution in [-0.4, -0.2) is 15.0 Å². The van der Waals surface area contributed by atoms with Crippen molar-refractivity contribution in [2.45, 2.75) is 0 Å². The number of aromatic nitrogens is 3. The molecule has 0 N–H and O–H groups in total. The average Bonchev–Trinajstić information content (AvgIpc) is 3.50. The number of fused-ring (bicyclic) bond motifs is 6. The first kappa shape index (κ1) is 25.4. The molecule has 0 fully saturated rings. The number of hydrogen-bond acceptors (Lipinski definition) is 4. The molecule has 2 aromatic heterocycles. The smallest absolute Gasteiger partial charge is 0.164 e. The van der Waals surface area contributed by atoms with Crippen LogP contribution in [0.15, 0.2) is 156 Å². The second-order valence-electron chi connectivity index (χ2n) is 11.2. The molecule has 9 aromatic rings. The molecule has 0 bridgehead atoms. The summed E-state index contributed by atoms with van der Waals surface area (Å²) < 4.78 is 6.25. The van der Waals surface area contributed by atoms with Gasteiger partial charge >= 0.3 is 0 Å². The van der Waals surface area contributed by atoms with Crippen LogP contribution in [0.3, 0.4) is 0 Å². The number of hydrogen-bond donors (Lipinski definition) is 0. The summed E-state index contributed by atoms with van der Waals surface area (Å²) >= 11 is 0. The van der Waals surface area contributed by atoms with Gasteiger partial charge in [0, 0.05) is 27.5 Å². The summed E-state index contributed by atoms with van der Waals surface area (Å²) in [5, 5.41) is 6.80. The van der Waals surface area contributed by atoms with E-state index in [1.165, 1.54) is 10.8 Å². The third kappa shape index (κ3) is 4.19. The Hall–Kier alpha value is -6.13. The quantitative estimate of drug-likeness (QED) is 0.196. The van der Waals surface area contributed by atoms with Crippen molar-refractivity contribution in [1.82, 2.24) is 15.0 Å². The van der Waals surface area contributed by atoms with Gasteiger partial charge in [-0.1, -0.05) is 133 Å². The van der Waals surface area contributed by atoms with E-state index in [2.05, 4.69) is 91.0 Å². The zero-order valence-electron chi connectivity index (χ0n) is 24.2. The topological polar surface area (TPSA) is 51.8 Å². The Morgan fingerprint density at radius 1 is 0.356 bits per heavy atom. The molecule has 210 valence electrons. The van der Waals surface area contributed by atoms with Gasteiger partial charge in [0.15, 0.2) is 17.5 Å². The van der Waals surface area contributed by atoms with Crippen LogP contribution in [0.5, 0.6) is 0 Å². The average molecular weight is 576 g/mol. The zero-order chi connectivity index (χ0) is 29.7. The van der Waals surface area contributed by atoms with Crippen LogP contribution >= 0.6 is 0 Å². The second-order valence-corrected chi connectivity index (χ2v) is 11.2. The second kappa shape index (κ2) is 10.2. The molecule has 0 aliphatic carbocycles. The van der Waals surface area contributed by atoms with Gasteiger partial charge in [0.25, 0.3) is 0 Å². The van der Waals surface area contributed by atoms with E-state index in [0.717, 1.165) is 60.5 Å². The SMILES string of the molecule is c1ccc(-c2nc(-c3ccccc3-c3cccc4oc5ccccc5c34)nc(-c3cc4ccccc4c4ccccc34)n2)cc1. The Morgan fingerprint density at radius 3 is 1.78 bits per heavy atom. The summed E-state index contributed by atoms with van der Waals surface area (Å²) in [4.78, 5) is 15.4. The van der Waals surface area contributed by atoms with Gasteiger partial charge in [-0.05, 0) is 50.9 Å². The van der Waals surface area contributed by atoms with E-state index in [4.69, 9.17) is 19.4 Å². The lowest BCUT2D eigenvalue weighted by atomic mass is 9.94. The predicted molar refractivity (Wildman–Crippen MR) is 184 cm³/mol. The van der Waals surface area contributed by atoms with Crippen molar-refractivity contribution in [2.75, 3.05) is 0 Å². The maximum absolute atomic E-state index is 6.25. The van der Waals surface area contributed by atoms with Crippen LogP contribution in [0.2, 0.25) is 0 Å². The molecule has 0 unspecified atom stereocenters. The number of benzene rings is 7. The first-order valence-electron chi connectivity index (χ1n) is 15.0. The molecule has 0 radical (unpaired) electrons. The van der Waals surface area contributed by atoms with Gasteiger partial charge in [-0.2, -0.15) is 0 Å². The van der Waals surface area contributed by atoms with Crippen LogP contribution in [-0.2, 0) is 0 Å². The fraction of sp³-hybridized carbons (Fsp3) is 0. The zero-order valence-corrected chi connectivity index (χ0v) is 24.2. The minimum Gasteiger partial charge on any atom is -0.456 e. The molecule has 45 heavy (non-hydrogen) atoms. The summed E-state index contributed by atoms with van der Waals surface area (Å²) in [6.07, 6.45) is 0. The van der Waals surface area contributed by atoms with Crippen LogP contribution in [0.4, 0.5) is 0 Å². The van der Waals surface area contributed by atoms with E-state index in [1.807, 2.05) is 60.7 Å². The van der Waals surface area contributed by atoms with E-state index in [1.54, 1.807) is 0 Å². The molecule has 0 spiro atoms. The van der Waals surface area contributed by atoms with E-state index in [9.17, 15) is 0 Å². The maximum Gasteiger partial charge on any atom is 0.164 e. The van der Waals surface area contributed by atoms with Gasteiger partial charge in [-0.3, -0.25) is 0 Å². The van der Waals surface area contributed by atoms with E-state index >= 15 is 0 Å². The molecular weight excluding hydrogens is 550 g/mol. The molecule has 7 aromatic carbocycles. The van der Waals surface area contributed by atoms with Crippen LogP contribution < -0.4 is 0 Å². The molecule has 0 saturated carbocycles. The number of furan rings is 1. The Morgan fingerprint density at radius 2 is 0.933 bits per heavy atom. The molecule has 0 aliphatic heterocycles. The molecule has 4 heteroatoms. The van der Waals surface area contributed by atoms with Gasteiger partial charge in [-0.15, -0.1) is 0 Å². The summed E-state index contributed by atoms with van der Waals surface area (Å²) in [7, 11) is 0. The van der Waals surface area contributed by atoms with E-state index in [0.29, 0.717) is 17.5 Å². The van der Waals surface area contributed by atoms with E-state index < -0.39 is 0 Å². The molecule has 9 rings (SSSR count). The molecular formula is C41H25N3O. The number of nitrogens with zero attached hydrogens (tertiary/aromatic N) is 3. The predicted octanol–water partition coefficient (Wildman–Crippen LogP) is 10.7. The molecule has 0 saturated heterocycles. The van der Waals surface area contributed by atoms with Crippen LogP contribution in [0.1, 0.15) is 0 Å². The fourth-order valence-corrected chi connectivity index (χ4v) is 6.48. The van der Waals surface area contributed by atoms with Gasteiger partial charge < -0.3 is 4.42 Å². The van der Waals surface area contributed by atoms with Crippen molar-refractivity contribution in [3.05, 3.63) is 152 Å². The Kier molecular flexibility index (Phi) is 5.78. The Balaban J connectivity index is 1.33. The minimum atomic E-state index is 0.622. The highest BCUT2D eigenvalue weighted by Crippen LogP contribution is 2.41. The molecule has 0 amide bonds. The molecule has 2 heterocycles. The first-order valence-corrected chi connectivity index (χ1v) is 15.0. The molecule has 4 nitrogen and oxygen atoms in total. The summed E-state index contributed by atoms with van der Waals surface area (Å²) in [6, 6.07) is 52.1. The third-order valence-electron chi connectivity index (χ3n) is 8.54. The molecule has 0 atom stereocenters. The minimum absolute atomic E-state index is 0.622. The third-order valence-corrected chi connectivity index (χ3v) is 8.54. The van der Waals surface area contributed by atoms with Gasteiger partial charge in [0.05, 0.1) is 0 Å². The van der Waals surface area contributed by atoms with Crippen LogP contribution in [0.25, 0.3) is 88.8 Å². The number of rotatable bonds is 4. The van der Waals surface area contributed by atoms with Gasteiger partial charge in [0.2, 0.25) is 0 Å². The van der Waals surface area contributed by atoms with Crippen molar-refractivity contribution < 1.29 is 4.42 Å². The largest absolute Gasteiger partial charge is 0.456 e. The van der Waals surface area contributed by atoms with Crippen LogP contribution in [0, 0.1) is 0 Å². The summed E-state index contributed by atoms with van der Waals surface area (Å²) in [5.41, 5.74) is 6.68. The number of para-hydroxylation sites is 1. The van der Waals surface area contributed by atoms with E-state index in [-0.39, 0.29) is 0 Å². The summed E-state index contributed by atoms with van der Waals surface area (Å²) in [5.74, 6) is 1.90. The fourth-order valence-electron chi connectivity index (χ4n) is 6.48. The first-order chi connectivity index (χ1) is 22.3. The van der Waals surface area contributed by atoms with Crippen molar-refractivity contribution in [3.8, 4) is 45.3 Å². The van der Waals surface area contributed by atoms with Crippen molar-refractivity contribution in [2.24, 2.45) is 0 Å². The van der Waals surface area contributed by atoms with Gasteiger partial charge in [-0.25, -0.2) is 15.0 Å². The Labute approximate surface area is 259 Å². The lowest BCUT2D eigenvalue weighted by Crippen LogP contribution is -2.01. The normalized spacial score (nSPS) is 11.6.